The summed E-state index contributed by atoms with van der Waals surface area (Å²) in [5.41, 5.74) is 6.13. The zero-order valence-corrected chi connectivity index (χ0v) is 7.56. The molecule has 0 aliphatic carbocycles. The van der Waals surface area contributed by atoms with Gasteiger partial charge in [-0.2, -0.15) is 0 Å². The van der Waals surface area contributed by atoms with E-state index in [-0.39, 0.29) is 12.0 Å². The van der Waals surface area contributed by atoms with E-state index in [0.29, 0.717) is 12.0 Å². The molecule has 1 aromatic rings. The molecule has 0 bridgehead atoms. The van der Waals surface area contributed by atoms with Gasteiger partial charge in [-0.05, 0) is 18.1 Å². The molecule has 0 radical (unpaired) electrons. The molecule has 14 heavy (non-hydrogen) atoms. The van der Waals surface area contributed by atoms with Crippen molar-refractivity contribution in [3.8, 4) is 0 Å². The second-order valence-corrected chi connectivity index (χ2v) is 3.03. The first-order valence-corrected chi connectivity index (χ1v) is 4.25. The van der Waals surface area contributed by atoms with Crippen molar-refractivity contribution in [2.45, 2.75) is 18.9 Å². The average Bonchev–Trinajstić information content (AvgIpc) is 2.14. The van der Waals surface area contributed by atoms with E-state index in [9.17, 15) is 9.59 Å². The summed E-state index contributed by atoms with van der Waals surface area (Å²) in [4.78, 5) is 23.6. The number of aromatic nitrogens is 1. The molecule has 0 spiro atoms. The van der Waals surface area contributed by atoms with Crippen molar-refractivity contribution < 1.29 is 9.90 Å². The predicted molar refractivity (Wildman–Crippen MR) is 50.9 cm³/mol. The molecule has 1 aromatic heterocycles. The second-order valence-electron chi connectivity index (χ2n) is 3.03. The number of hydrogen-bond acceptors (Lipinski definition) is 3. The fourth-order valence-corrected chi connectivity index (χ4v) is 1.14. The van der Waals surface area contributed by atoms with Crippen molar-refractivity contribution in [3.63, 3.8) is 0 Å². The van der Waals surface area contributed by atoms with Crippen LogP contribution in [0, 0.1) is 0 Å². The molecule has 0 saturated heterocycles. The van der Waals surface area contributed by atoms with Gasteiger partial charge in [-0.25, -0.2) is 0 Å². The third-order valence-corrected chi connectivity index (χ3v) is 1.90. The topological polar surface area (TPSA) is 96.2 Å². The fraction of sp³-hybridized carbons (Fsp3) is 0.333. The van der Waals surface area contributed by atoms with Gasteiger partial charge in [0, 0.05) is 24.7 Å². The largest absolute Gasteiger partial charge is 0.481 e. The first kappa shape index (κ1) is 10.5. The number of hydrogen-bond donors (Lipinski definition) is 3. The molecule has 0 aromatic carbocycles. The molecular weight excluding hydrogens is 184 g/mol. The van der Waals surface area contributed by atoms with Crippen molar-refractivity contribution in [2.75, 3.05) is 0 Å². The van der Waals surface area contributed by atoms with Gasteiger partial charge < -0.3 is 15.8 Å². The number of nitrogens with one attached hydrogen (secondary N) is 1. The van der Waals surface area contributed by atoms with E-state index in [4.69, 9.17) is 10.8 Å². The van der Waals surface area contributed by atoms with Crippen LogP contribution in [0.3, 0.4) is 0 Å². The van der Waals surface area contributed by atoms with Gasteiger partial charge in [-0.15, -0.1) is 0 Å². The summed E-state index contributed by atoms with van der Waals surface area (Å²) in [7, 11) is 0. The van der Waals surface area contributed by atoms with Crippen LogP contribution < -0.4 is 11.3 Å². The Bertz CT molecular complexity index is 372. The first-order chi connectivity index (χ1) is 6.59. The molecule has 5 heteroatoms. The molecule has 0 aliphatic rings. The average molecular weight is 196 g/mol. The van der Waals surface area contributed by atoms with Gasteiger partial charge in [-0.3, -0.25) is 9.59 Å². The number of pyridine rings is 1. The maximum absolute atomic E-state index is 10.9. The Morgan fingerprint density at radius 3 is 2.93 bits per heavy atom. The van der Waals surface area contributed by atoms with Crippen LogP contribution in [0.1, 0.15) is 24.4 Å². The fourth-order valence-electron chi connectivity index (χ4n) is 1.14. The minimum absolute atomic E-state index is 0.00790. The quantitative estimate of drug-likeness (QED) is 0.642. The van der Waals surface area contributed by atoms with Crippen molar-refractivity contribution in [1.82, 2.24) is 4.98 Å². The summed E-state index contributed by atoms with van der Waals surface area (Å²) >= 11 is 0. The lowest BCUT2D eigenvalue weighted by Crippen LogP contribution is -2.15. The molecule has 76 valence electrons. The number of nitrogens with two attached hydrogens (primary N) is 1. The highest BCUT2D eigenvalue weighted by molar-refractivity contribution is 5.66. The van der Waals surface area contributed by atoms with E-state index < -0.39 is 12.0 Å². The van der Waals surface area contributed by atoms with Crippen molar-refractivity contribution >= 4 is 5.97 Å². The van der Waals surface area contributed by atoms with Gasteiger partial charge in [0.2, 0.25) is 5.56 Å². The standard InChI is InChI=1S/C9H12N2O3/c10-7(1-2-9(13)14)6-3-4-11-8(12)5-6/h3-5,7H,1-2,10H2,(H,11,12)(H,13,14)/t7-/m0/s1. The number of carboxylic acids is 1. The van der Waals surface area contributed by atoms with Gasteiger partial charge in [0.25, 0.3) is 0 Å². The Morgan fingerprint density at radius 1 is 1.64 bits per heavy atom. The lowest BCUT2D eigenvalue weighted by Gasteiger charge is -2.09. The lowest BCUT2D eigenvalue weighted by atomic mass is 10.0. The van der Waals surface area contributed by atoms with E-state index >= 15 is 0 Å². The summed E-state index contributed by atoms with van der Waals surface area (Å²) < 4.78 is 0. The summed E-state index contributed by atoms with van der Waals surface area (Å²) in [6, 6.07) is 2.66. The zero-order chi connectivity index (χ0) is 10.6. The van der Waals surface area contributed by atoms with E-state index in [1.165, 1.54) is 12.3 Å². The number of carboxylic acid groups (broad SMARTS) is 1. The summed E-state index contributed by atoms with van der Waals surface area (Å²) in [6.07, 6.45) is 1.84. The van der Waals surface area contributed by atoms with Gasteiger partial charge in [0.1, 0.15) is 0 Å². The normalized spacial score (nSPS) is 12.4. The Kier molecular flexibility index (Phi) is 3.41. The zero-order valence-electron chi connectivity index (χ0n) is 7.56. The third kappa shape index (κ3) is 3.02. The van der Waals surface area contributed by atoms with Crippen LogP contribution in [0.5, 0.6) is 0 Å². The first-order valence-electron chi connectivity index (χ1n) is 4.25. The molecule has 0 unspecified atom stereocenters. The highest BCUT2D eigenvalue weighted by atomic mass is 16.4. The molecule has 0 amide bonds. The van der Waals surface area contributed by atoms with Gasteiger partial charge in [0.05, 0.1) is 0 Å². The molecule has 0 aliphatic heterocycles. The lowest BCUT2D eigenvalue weighted by molar-refractivity contribution is -0.137. The highest BCUT2D eigenvalue weighted by Gasteiger charge is 2.08. The Labute approximate surface area is 80.6 Å². The molecule has 4 N–H and O–H groups in total. The van der Waals surface area contributed by atoms with Crippen LogP contribution in [0.25, 0.3) is 0 Å². The van der Waals surface area contributed by atoms with Crippen LogP contribution in [-0.2, 0) is 4.79 Å². The third-order valence-electron chi connectivity index (χ3n) is 1.90. The summed E-state index contributed by atoms with van der Waals surface area (Å²) in [6.45, 7) is 0. The minimum atomic E-state index is -0.884. The van der Waals surface area contributed by atoms with Gasteiger partial charge >= 0.3 is 5.97 Å². The molecule has 0 saturated carbocycles. The van der Waals surface area contributed by atoms with Crippen LogP contribution >= 0.6 is 0 Å². The van der Waals surface area contributed by atoms with Crippen molar-refractivity contribution in [3.05, 3.63) is 34.2 Å². The number of aliphatic carboxylic acids is 1. The highest BCUT2D eigenvalue weighted by Crippen LogP contribution is 2.12. The van der Waals surface area contributed by atoms with Crippen molar-refractivity contribution in [1.29, 1.82) is 0 Å². The smallest absolute Gasteiger partial charge is 0.303 e. The monoisotopic (exact) mass is 196 g/mol. The van der Waals surface area contributed by atoms with Gasteiger partial charge in [0.15, 0.2) is 0 Å². The number of carbonyl (C=O) groups is 1. The Hall–Kier alpha value is -1.62. The van der Waals surface area contributed by atoms with Gasteiger partial charge in [-0.1, -0.05) is 0 Å². The summed E-state index contributed by atoms with van der Waals surface area (Å²) in [5.74, 6) is -0.884. The SMILES string of the molecule is N[C@@H](CCC(=O)O)c1cc[nH]c(=O)c1. The van der Waals surface area contributed by atoms with Crippen LogP contribution in [0.4, 0.5) is 0 Å². The molecule has 1 heterocycles. The predicted octanol–water partition coefficient (Wildman–Crippen LogP) is 0.239. The number of aromatic amines is 1. The Balaban J connectivity index is 2.65. The Morgan fingerprint density at radius 2 is 2.36 bits per heavy atom. The van der Waals surface area contributed by atoms with Crippen LogP contribution in [-0.4, -0.2) is 16.1 Å². The minimum Gasteiger partial charge on any atom is -0.481 e. The number of H-pyrrole nitrogens is 1. The van der Waals surface area contributed by atoms with Crippen LogP contribution in [0.15, 0.2) is 23.1 Å². The van der Waals surface area contributed by atoms with E-state index in [1.807, 2.05) is 0 Å². The summed E-state index contributed by atoms with van der Waals surface area (Å²) in [5, 5.41) is 8.44. The molecular formula is C9H12N2O3. The second kappa shape index (κ2) is 4.57. The molecule has 5 nitrogen and oxygen atoms in total. The van der Waals surface area contributed by atoms with E-state index in [0.717, 1.165) is 0 Å². The maximum atomic E-state index is 10.9. The van der Waals surface area contributed by atoms with Crippen molar-refractivity contribution in [2.24, 2.45) is 5.73 Å². The van der Waals surface area contributed by atoms with E-state index in [2.05, 4.69) is 4.98 Å². The molecule has 0 fully saturated rings. The molecule has 1 rings (SSSR count). The molecule has 1 atom stereocenters. The van der Waals surface area contributed by atoms with E-state index in [1.54, 1.807) is 6.07 Å². The number of rotatable bonds is 4. The van der Waals surface area contributed by atoms with Crippen LogP contribution in [0.2, 0.25) is 0 Å². The maximum Gasteiger partial charge on any atom is 0.303 e.